The van der Waals surface area contributed by atoms with Crippen molar-refractivity contribution in [1.29, 1.82) is 0 Å². The van der Waals surface area contributed by atoms with Crippen molar-refractivity contribution in [2.45, 2.75) is 6.54 Å². The molecular formula is C12H10Cl2N2. The van der Waals surface area contributed by atoms with Crippen molar-refractivity contribution in [1.82, 2.24) is 4.98 Å². The number of hydrogen-bond donors (Lipinski definition) is 1. The van der Waals surface area contributed by atoms with Crippen LogP contribution in [0.15, 0.2) is 36.5 Å². The Morgan fingerprint density at radius 3 is 2.56 bits per heavy atom. The van der Waals surface area contributed by atoms with Crippen molar-refractivity contribution < 1.29 is 0 Å². The van der Waals surface area contributed by atoms with E-state index in [2.05, 4.69) is 4.98 Å². The quantitative estimate of drug-likeness (QED) is 0.889. The average Bonchev–Trinajstić information content (AvgIpc) is 2.33. The first-order chi connectivity index (χ1) is 7.74. The van der Waals surface area contributed by atoms with Gasteiger partial charge in [-0.05, 0) is 12.1 Å². The monoisotopic (exact) mass is 252 g/mol. The lowest BCUT2D eigenvalue weighted by Crippen LogP contribution is -2.01. The van der Waals surface area contributed by atoms with Gasteiger partial charge in [0.15, 0.2) is 0 Å². The molecule has 0 amide bonds. The van der Waals surface area contributed by atoms with Gasteiger partial charge in [-0.3, -0.25) is 4.98 Å². The second-order valence-electron chi connectivity index (χ2n) is 3.30. The number of halogens is 2. The van der Waals surface area contributed by atoms with Gasteiger partial charge in [-0.25, -0.2) is 0 Å². The Labute approximate surface area is 104 Å². The van der Waals surface area contributed by atoms with E-state index in [0.29, 0.717) is 16.6 Å². The third kappa shape index (κ3) is 2.05. The second kappa shape index (κ2) is 4.83. The maximum Gasteiger partial charge on any atom is 0.0671 e. The van der Waals surface area contributed by atoms with Gasteiger partial charge in [-0.15, -0.1) is 0 Å². The number of nitrogens with two attached hydrogens (primary N) is 1. The maximum absolute atomic E-state index is 6.16. The predicted molar refractivity (Wildman–Crippen MR) is 67.6 cm³/mol. The van der Waals surface area contributed by atoms with Crippen LogP contribution in [0, 0.1) is 0 Å². The summed E-state index contributed by atoms with van der Waals surface area (Å²) in [4.78, 5) is 4.22. The average molecular weight is 253 g/mol. The van der Waals surface area contributed by atoms with E-state index >= 15 is 0 Å². The summed E-state index contributed by atoms with van der Waals surface area (Å²) in [6.45, 7) is 0.374. The Bertz CT molecular complexity index is 512. The molecule has 2 aromatic rings. The van der Waals surface area contributed by atoms with Gasteiger partial charge in [0, 0.05) is 23.9 Å². The number of pyridine rings is 1. The van der Waals surface area contributed by atoms with Crippen molar-refractivity contribution in [2.24, 2.45) is 5.73 Å². The first-order valence-electron chi connectivity index (χ1n) is 4.82. The molecule has 2 nitrogen and oxygen atoms in total. The van der Waals surface area contributed by atoms with E-state index in [-0.39, 0.29) is 0 Å². The number of hydrogen-bond acceptors (Lipinski definition) is 2. The smallest absolute Gasteiger partial charge is 0.0671 e. The van der Waals surface area contributed by atoms with E-state index in [9.17, 15) is 0 Å². The molecule has 0 saturated heterocycles. The molecule has 2 rings (SSSR count). The lowest BCUT2D eigenvalue weighted by atomic mass is 10.0. The molecule has 0 atom stereocenters. The summed E-state index contributed by atoms with van der Waals surface area (Å²) in [7, 11) is 0. The van der Waals surface area contributed by atoms with Gasteiger partial charge in [0.2, 0.25) is 0 Å². The van der Waals surface area contributed by atoms with Crippen LogP contribution in [0.4, 0.5) is 0 Å². The topological polar surface area (TPSA) is 38.9 Å². The molecule has 82 valence electrons. The number of aromatic nitrogens is 1. The summed E-state index contributed by atoms with van der Waals surface area (Å²) in [6.07, 6.45) is 1.71. The van der Waals surface area contributed by atoms with Crippen LogP contribution in [0.2, 0.25) is 10.0 Å². The number of nitrogens with zero attached hydrogens (tertiary/aromatic N) is 1. The van der Waals surface area contributed by atoms with Gasteiger partial charge in [-0.1, -0.05) is 41.4 Å². The summed E-state index contributed by atoms with van der Waals surface area (Å²) >= 11 is 12.1. The lowest BCUT2D eigenvalue weighted by molar-refractivity contribution is 0.994. The zero-order chi connectivity index (χ0) is 11.5. The van der Waals surface area contributed by atoms with Crippen molar-refractivity contribution in [3.05, 3.63) is 52.3 Å². The molecule has 0 radical (unpaired) electrons. The van der Waals surface area contributed by atoms with E-state index < -0.39 is 0 Å². The van der Waals surface area contributed by atoms with E-state index in [1.54, 1.807) is 12.3 Å². The molecule has 0 aliphatic heterocycles. The number of benzene rings is 1. The Morgan fingerprint density at radius 2 is 1.81 bits per heavy atom. The molecule has 1 aromatic carbocycles. The lowest BCUT2D eigenvalue weighted by Gasteiger charge is -2.09. The van der Waals surface area contributed by atoms with Crippen LogP contribution in [0.1, 0.15) is 5.69 Å². The molecule has 1 heterocycles. The van der Waals surface area contributed by atoms with Crippen LogP contribution in [-0.2, 0) is 6.54 Å². The van der Waals surface area contributed by atoms with Crippen LogP contribution in [-0.4, -0.2) is 4.98 Å². The Hall–Kier alpha value is -1.09. The van der Waals surface area contributed by atoms with Gasteiger partial charge in [0.1, 0.15) is 0 Å². The highest BCUT2D eigenvalue weighted by atomic mass is 35.5. The summed E-state index contributed by atoms with van der Waals surface area (Å²) in [6, 6.07) is 9.31. The molecule has 0 aliphatic rings. The fourth-order valence-corrected chi connectivity index (χ4v) is 1.96. The molecular weight excluding hydrogens is 243 g/mol. The Balaban J connectivity index is 2.63. The van der Waals surface area contributed by atoms with E-state index in [0.717, 1.165) is 16.8 Å². The first-order valence-corrected chi connectivity index (χ1v) is 5.58. The molecule has 0 unspecified atom stereocenters. The van der Waals surface area contributed by atoms with Crippen LogP contribution in [0.25, 0.3) is 11.1 Å². The van der Waals surface area contributed by atoms with Gasteiger partial charge in [-0.2, -0.15) is 0 Å². The van der Waals surface area contributed by atoms with Gasteiger partial charge < -0.3 is 5.73 Å². The van der Waals surface area contributed by atoms with E-state index in [1.807, 2.05) is 24.3 Å². The number of rotatable bonds is 2. The highest BCUT2D eigenvalue weighted by molar-refractivity contribution is 6.43. The van der Waals surface area contributed by atoms with Crippen molar-refractivity contribution in [3.8, 4) is 11.1 Å². The summed E-state index contributed by atoms with van der Waals surface area (Å²) in [5.41, 5.74) is 8.24. The Morgan fingerprint density at radius 1 is 1.06 bits per heavy atom. The second-order valence-corrected chi connectivity index (χ2v) is 4.09. The van der Waals surface area contributed by atoms with Crippen molar-refractivity contribution in [2.75, 3.05) is 0 Å². The normalized spacial score (nSPS) is 10.4. The molecule has 16 heavy (non-hydrogen) atoms. The van der Waals surface area contributed by atoms with Gasteiger partial charge >= 0.3 is 0 Å². The van der Waals surface area contributed by atoms with Crippen LogP contribution in [0.3, 0.4) is 0 Å². The Kier molecular flexibility index (Phi) is 3.44. The molecule has 2 N–H and O–H groups in total. The van der Waals surface area contributed by atoms with Gasteiger partial charge in [0.05, 0.1) is 15.7 Å². The summed E-state index contributed by atoms with van der Waals surface area (Å²) < 4.78 is 0. The van der Waals surface area contributed by atoms with E-state index in [1.165, 1.54) is 0 Å². The standard InChI is InChI=1S/C12H10Cl2N2/c13-10-5-1-3-9(12(10)14)8-4-2-6-16-11(8)7-15/h1-6H,7,15H2. The third-order valence-electron chi connectivity index (χ3n) is 2.33. The van der Waals surface area contributed by atoms with Gasteiger partial charge in [0.25, 0.3) is 0 Å². The fraction of sp³-hybridized carbons (Fsp3) is 0.0833. The maximum atomic E-state index is 6.16. The summed E-state index contributed by atoms with van der Waals surface area (Å²) in [5, 5.41) is 1.07. The molecule has 0 spiro atoms. The molecule has 1 aromatic heterocycles. The first kappa shape index (κ1) is 11.4. The van der Waals surface area contributed by atoms with Crippen molar-refractivity contribution in [3.63, 3.8) is 0 Å². The predicted octanol–water partition coefficient (Wildman–Crippen LogP) is 3.51. The third-order valence-corrected chi connectivity index (χ3v) is 3.14. The minimum absolute atomic E-state index is 0.374. The zero-order valence-corrected chi connectivity index (χ0v) is 9.96. The zero-order valence-electron chi connectivity index (χ0n) is 8.45. The molecule has 0 aliphatic carbocycles. The van der Waals surface area contributed by atoms with Crippen molar-refractivity contribution >= 4 is 23.2 Å². The highest BCUT2D eigenvalue weighted by Gasteiger charge is 2.10. The van der Waals surface area contributed by atoms with Crippen LogP contribution in [0.5, 0.6) is 0 Å². The van der Waals surface area contributed by atoms with E-state index in [4.69, 9.17) is 28.9 Å². The molecule has 0 fully saturated rings. The highest BCUT2D eigenvalue weighted by Crippen LogP contribution is 2.34. The molecule has 0 saturated carbocycles. The minimum Gasteiger partial charge on any atom is -0.325 e. The largest absolute Gasteiger partial charge is 0.325 e. The minimum atomic E-state index is 0.374. The molecule has 0 bridgehead atoms. The summed E-state index contributed by atoms with van der Waals surface area (Å²) in [5.74, 6) is 0. The van der Waals surface area contributed by atoms with Crippen LogP contribution < -0.4 is 5.73 Å². The SMILES string of the molecule is NCc1ncccc1-c1cccc(Cl)c1Cl. The molecule has 4 heteroatoms. The van der Waals surface area contributed by atoms with Crippen LogP contribution >= 0.6 is 23.2 Å². The fourth-order valence-electron chi connectivity index (χ4n) is 1.56.